The van der Waals surface area contributed by atoms with Crippen LogP contribution in [0.3, 0.4) is 0 Å². The fourth-order valence-corrected chi connectivity index (χ4v) is 2.26. The molecule has 0 saturated heterocycles. The summed E-state index contributed by atoms with van der Waals surface area (Å²) in [5.74, 6) is 0.807. The molecule has 0 aromatic heterocycles. The lowest BCUT2D eigenvalue weighted by Gasteiger charge is -2.11. The van der Waals surface area contributed by atoms with E-state index in [1.54, 1.807) is 7.05 Å². The van der Waals surface area contributed by atoms with Crippen LogP contribution in [0.1, 0.15) is 12.5 Å². The van der Waals surface area contributed by atoms with Gasteiger partial charge in [-0.3, -0.25) is 4.79 Å². The number of likely N-dealkylation sites (N-methyl/N-ethyl adjacent to an activating group) is 1. The Kier molecular flexibility index (Phi) is 5.23. The Morgan fingerprint density at radius 2 is 1.90 bits per heavy atom. The first-order chi connectivity index (χ1) is 10.1. The van der Waals surface area contributed by atoms with Gasteiger partial charge in [-0.15, -0.1) is 0 Å². The molecule has 3 nitrogen and oxygen atoms in total. The van der Waals surface area contributed by atoms with E-state index in [1.165, 1.54) is 0 Å². The van der Waals surface area contributed by atoms with Gasteiger partial charge in [0.2, 0.25) is 5.91 Å². The van der Waals surface area contributed by atoms with Crippen molar-refractivity contribution in [3.63, 3.8) is 0 Å². The summed E-state index contributed by atoms with van der Waals surface area (Å²) in [6.07, 6.45) is 0.380. The number of hydrogen-bond donors (Lipinski definition) is 1. The lowest BCUT2D eigenvalue weighted by molar-refractivity contribution is -0.119. The first kappa shape index (κ1) is 15.4. The van der Waals surface area contributed by atoms with Crippen molar-refractivity contribution in [2.75, 3.05) is 13.7 Å². The monoisotopic (exact) mass is 303 g/mol. The largest absolute Gasteiger partial charge is 0.493 e. The lowest BCUT2D eigenvalue weighted by Crippen LogP contribution is -2.19. The molecule has 1 N–H and O–H groups in total. The van der Waals surface area contributed by atoms with Crippen LogP contribution >= 0.6 is 11.6 Å². The highest BCUT2D eigenvalue weighted by Crippen LogP contribution is 2.32. The second-order valence-electron chi connectivity index (χ2n) is 4.62. The normalized spacial score (nSPS) is 10.2. The number of hydrogen-bond acceptors (Lipinski definition) is 2. The van der Waals surface area contributed by atoms with Crippen molar-refractivity contribution < 1.29 is 9.53 Å². The number of benzene rings is 2. The number of ether oxygens (including phenoxy) is 1. The predicted octanol–water partition coefficient (Wildman–Crippen LogP) is 3.69. The molecule has 2 rings (SSSR count). The van der Waals surface area contributed by atoms with E-state index in [9.17, 15) is 4.79 Å². The average molecular weight is 304 g/mol. The Balaban J connectivity index is 2.29. The molecule has 0 aliphatic carbocycles. The summed E-state index contributed by atoms with van der Waals surface area (Å²) in [5.41, 5.74) is 2.94. The molecule has 0 heterocycles. The van der Waals surface area contributed by atoms with Crippen LogP contribution in [0.5, 0.6) is 5.75 Å². The minimum Gasteiger partial charge on any atom is -0.493 e. The Labute approximate surface area is 129 Å². The van der Waals surface area contributed by atoms with Gasteiger partial charge in [-0.25, -0.2) is 0 Å². The van der Waals surface area contributed by atoms with Gasteiger partial charge in [-0.05, 0) is 36.2 Å². The van der Waals surface area contributed by atoms with E-state index in [1.807, 2.05) is 49.4 Å². The van der Waals surface area contributed by atoms with Crippen LogP contribution in [-0.2, 0) is 11.2 Å². The van der Waals surface area contributed by atoms with Crippen LogP contribution in [0.15, 0.2) is 42.5 Å². The highest BCUT2D eigenvalue weighted by atomic mass is 35.5. The molecule has 0 bridgehead atoms. The smallest absolute Gasteiger partial charge is 0.224 e. The number of nitrogens with one attached hydrogen (secondary N) is 1. The summed E-state index contributed by atoms with van der Waals surface area (Å²) >= 11 is 6.08. The van der Waals surface area contributed by atoms with Gasteiger partial charge >= 0.3 is 0 Å². The van der Waals surface area contributed by atoms with Gasteiger partial charge in [0.25, 0.3) is 0 Å². The van der Waals surface area contributed by atoms with Crippen LogP contribution in [0.25, 0.3) is 11.1 Å². The summed E-state index contributed by atoms with van der Waals surface area (Å²) in [6, 6.07) is 13.4. The van der Waals surface area contributed by atoms with Crippen LogP contribution < -0.4 is 10.1 Å². The summed E-state index contributed by atoms with van der Waals surface area (Å²) < 4.78 is 5.64. The van der Waals surface area contributed by atoms with Crippen LogP contribution in [0.2, 0.25) is 5.02 Å². The van der Waals surface area contributed by atoms with Crippen LogP contribution in [0.4, 0.5) is 0 Å². The number of halogens is 1. The zero-order chi connectivity index (χ0) is 15.2. The van der Waals surface area contributed by atoms with E-state index in [2.05, 4.69) is 5.32 Å². The van der Waals surface area contributed by atoms with Crippen LogP contribution in [0, 0.1) is 0 Å². The third-order valence-electron chi connectivity index (χ3n) is 3.15. The molecule has 0 radical (unpaired) electrons. The fraction of sp³-hybridized carbons (Fsp3) is 0.235. The van der Waals surface area contributed by atoms with Crippen molar-refractivity contribution >= 4 is 17.5 Å². The zero-order valence-corrected chi connectivity index (χ0v) is 12.9. The van der Waals surface area contributed by atoms with Crippen molar-refractivity contribution in [2.45, 2.75) is 13.3 Å². The molecule has 1 amide bonds. The van der Waals surface area contributed by atoms with Crippen molar-refractivity contribution in [2.24, 2.45) is 0 Å². The first-order valence-corrected chi connectivity index (χ1v) is 7.24. The summed E-state index contributed by atoms with van der Waals surface area (Å²) in [5, 5.41) is 3.29. The summed E-state index contributed by atoms with van der Waals surface area (Å²) in [7, 11) is 1.64. The number of rotatable bonds is 5. The summed E-state index contributed by atoms with van der Waals surface area (Å²) in [4.78, 5) is 11.4. The minimum absolute atomic E-state index is 0.000473. The maximum absolute atomic E-state index is 11.4. The Morgan fingerprint density at radius 3 is 2.52 bits per heavy atom. The van der Waals surface area contributed by atoms with Gasteiger partial charge < -0.3 is 10.1 Å². The average Bonchev–Trinajstić information content (AvgIpc) is 2.50. The maximum atomic E-state index is 11.4. The van der Waals surface area contributed by atoms with Crippen molar-refractivity contribution in [3.05, 3.63) is 53.1 Å². The molecule has 2 aromatic rings. The third kappa shape index (κ3) is 3.99. The number of carbonyl (C=O) groups excluding carboxylic acids is 1. The quantitative estimate of drug-likeness (QED) is 0.915. The fourth-order valence-electron chi connectivity index (χ4n) is 2.09. The zero-order valence-electron chi connectivity index (χ0n) is 12.2. The van der Waals surface area contributed by atoms with E-state index in [4.69, 9.17) is 16.3 Å². The second-order valence-corrected chi connectivity index (χ2v) is 5.06. The maximum Gasteiger partial charge on any atom is 0.224 e. The molecular formula is C17H18ClNO2. The van der Waals surface area contributed by atoms with Gasteiger partial charge in [-0.2, -0.15) is 0 Å². The van der Waals surface area contributed by atoms with E-state index < -0.39 is 0 Å². The molecule has 0 fully saturated rings. The Bertz CT molecular complexity index is 623. The topological polar surface area (TPSA) is 38.3 Å². The first-order valence-electron chi connectivity index (χ1n) is 6.86. The van der Waals surface area contributed by atoms with Gasteiger partial charge in [-0.1, -0.05) is 35.9 Å². The molecule has 0 saturated carbocycles. The molecule has 21 heavy (non-hydrogen) atoms. The summed E-state index contributed by atoms with van der Waals surface area (Å²) in [6.45, 7) is 2.55. The van der Waals surface area contributed by atoms with Crippen molar-refractivity contribution in [1.82, 2.24) is 5.32 Å². The SMILES string of the molecule is CCOc1ccc(Cl)cc1-c1ccc(CC(=O)NC)cc1. The molecular weight excluding hydrogens is 286 g/mol. The van der Waals surface area contributed by atoms with Gasteiger partial charge in [0.15, 0.2) is 0 Å². The molecule has 2 aromatic carbocycles. The number of amides is 1. The second kappa shape index (κ2) is 7.14. The van der Waals surface area contributed by atoms with Crippen molar-refractivity contribution in [3.8, 4) is 16.9 Å². The molecule has 0 atom stereocenters. The standard InChI is InChI=1S/C17H18ClNO2/c1-3-21-16-9-8-14(18)11-15(16)13-6-4-12(5-7-13)10-17(20)19-2/h4-9,11H,3,10H2,1-2H3,(H,19,20). The molecule has 0 spiro atoms. The van der Waals surface area contributed by atoms with E-state index in [-0.39, 0.29) is 5.91 Å². The lowest BCUT2D eigenvalue weighted by atomic mass is 10.0. The molecule has 110 valence electrons. The van der Waals surface area contributed by atoms with E-state index >= 15 is 0 Å². The predicted molar refractivity (Wildman–Crippen MR) is 85.8 cm³/mol. The highest BCUT2D eigenvalue weighted by molar-refractivity contribution is 6.31. The third-order valence-corrected chi connectivity index (χ3v) is 3.39. The highest BCUT2D eigenvalue weighted by Gasteiger charge is 2.08. The van der Waals surface area contributed by atoms with Gasteiger partial charge in [0.05, 0.1) is 13.0 Å². The Hall–Kier alpha value is -2.00. The molecule has 0 aliphatic rings. The van der Waals surface area contributed by atoms with Crippen LogP contribution in [-0.4, -0.2) is 19.6 Å². The van der Waals surface area contributed by atoms with E-state index in [0.717, 1.165) is 22.4 Å². The van der Waals surface area contributed by atoms with Crippen molar-refractivity contribution in [1.29, 1.82) is 0 Å². The van der Waals surface area contributed by atoms with E-state index in [0.29, 0.717) is 18.1 Å². The minimum atomic E-state index is 0.000473. The molecule has 4 heteroatoms. The number of carbonyl (C=O) groups is 1. The van der Waals surface area contributed by atoms with Gasteiger partial charge in [0, 0.05) is 17.6 Å². The molecule has 0 aliphatic heterocycles. The molecule has 0 unspecified atom stereocenters. The van der Waals surface area contributed by atoms with Gasteiger partial charge in [0.1, 0.15) is 5.75 Å². The Morgan fingerprint density at radius 1 is 1.19 bits per heavy atom.